The number of carbonyl (C=O) groups excluding carboxylic acids is 1. The molecule has 0 bridgehead atoms. The van der Waals surface area contributed by atoms with E-state index in [0.29, 0.717) is 0 Å². The van der Waals surface area contributed by atoms with Gasteiger partial charge in [0.1, 0.15) is 6.10 Å². The van der Waals surface area contributed by atoms with Gasteiger partial charge in [0.15, 0.2) is 11.5 Å². The molecule has 2 aromatic rings. The maximum atomic E-state index is 12.7. The van der Waals surface area contributed by atoms with Crippen LogP contribution < -0.4 is 14.2 Å². The van der Waals surface area contributed by atoms with Crippen LogP contribution in [-0.2, 0) is 23.8 Å². The molecule has 0 saturated carbocycles. The third-order valence-electron chi connectivity index (χ3n) is 4.37. The molecule has 0 aliphatic heterocycles. The summed E-state index contributed by atoms with van der Waals surface area (Å²) >= 11 is 0. The van der Waals surface area contributed by atoms with Crippen LogP contribution in [0.2, 0.25) is 0 Å². The lowest BCUT2D eigenvalue weighted by Gasteiger charge is -2.23. The minimum Gasteiger partial charge on any atom is -0.493 e. The number of aliphatic hydroxyl groups excluding tert-OH is 1. The number of methoxy groups -OCH3 is 3. The molecule has 0 heterocycles. The Morgan fingerprint density at radius 3 is 2.00 bits per heavy atom. The molecule has 0 aliphatic rings. The smallest absolute Gasteiger partial charge is 0.339 e. The third kappa shape index (κ3) is 5.66. The van der Waals surface area contributed by atoms with Crippen molar-refractivity contribution in [2.45, 2.75) is 31.0 Å². The van der Waals surface area contributed by atoms with Gasteiger partial charge < -0.3 is 24.1 Å². The molecule has 0 radical (unpaired) electrons. The predicted octanol–water partition coefficient (Wildman–Crippen LogP) is 2.39. The van der Waals surface area contributed by atoms with Gasteiger partial charge in [-0.15, -0.1) is 0 Å². The highest BCUT2D eigenvalue weighted by Gasteiger charge is 2.36. The molecule has 2 atom stereocenters. The summed E-state index contributed by atoms with van der Waals surface area (Å²) in [4.78, 5) is 12.3. The van der Waals surface area contributed by atoms with Crippen molar-refractivity contribution in [1.82, 2.24) is 0 Å². The highest BCUT2D eigenvalue weighted by Crippen LogP contribution is 2.40. The van der Waals surface area contributed by atoms with Crippen molar-refractivity contribution in [3.63, 3.8) is 0 Å². The van der Waals surface area contributed by atoms with Crippen molar-refractivity contribution in [3.05, 3.63) is 47.5 Å². The van der Waals surface area contributed by atoms with Crippen LogP contribution in [0.3, 0.4) is 0 Å². The molecular formula is C21H26O9S. The van der Waals surface area contributed by atoms with Crippen LogP contribution in [0.1, 0.15) is 24.2 Å². The van der Waals surface area contributed by atoms with Crippen LogP contribution in [0.4, 0.5) is 0 Å². The first-order valence-corrected chi connectivity index (χ1v) is 10.7. The van der Waals surface area contributed by atoms with E-state index in [1.165, 1.54) is 45.6 Å². The zero-order chi connectivity index (χ0) is 23.2. The molecule has 0 aromatic heterocycles. The van der Waals surface area contributed by atoms with E-state index in [1.54, 1.807) is 26.0 Å². The van der Waals surface area contributed by atoms with Gasteiger partial charge in [0.2, 0.25) is 11.9 Å². The van der Waals surface area contributed by atoms with E-state index in [-0.39, 0.29) is 34.3 Å². The fraction of sp³-hybridized carbons (Fsp3) is 0.381. The van der Waals surface area contributed by atoms with Crippen molar-refractivity contribution in [2.75, 3.05) is 27.9 Å². The van der Waals surface area contributed by atoms with Crippen molar-refractivity contribution in [3.8, 4) is 17.2 Å². The molecule has 31 heavy (non-hydrogen) atoms. The number of benzene rings is 2. The zero-order valence-electron chi connectivity index (χ0n) is 17.9. The quantitative estimate of drug-likeness (QED) is 0.426. The van der Waals surface area contributed by atoms with Gasteiger partial charge in [-0.05, 0) is 43.7 Å². The predicted molar refractivity (Wildman–Crippen MR) is 111 cm³/mol. The molecule has 170 valence electrons. The SMILES string of the molecule is CCOC(=O)[C@@H](OS(=O)(=O)c1ccc(C)cc1)[C@H](O)c1cc(OC)c(OC)c(OC)c1. The molecule has 0 saturated heterocycles. The lowest BCUT2D eigenvalue weighted by atomic mass is 10.0. The molecule has 0 spiro atoms. The highest BCUT2D eigenvalue weighted by molar-refractivity contribution is 7.86. The van der Waals surface area contributed by atoms with Gasteiger partial charge in [0, 0.05) is 0 Å². The van der Waals surface area contributed by atoms with Crippen LogP contribution in [0, 0.1) is 6.92 Å². The number of rotatable bonds is 10. The average Bonchev–Trinajstić information content (AvgIpc) is 2.76. The van der Waals surface area contributed by atoms with Crippen LogP contribution in [-0.4, -0.2) is 53.5 Å². The summed E-state index contributed by atoms with van der Waals surface area (Å²) in [6.45, 7) is 3.31. The van der Waals surface area contributed by atoms with E-state index in [4.69, 9.17) is 23.1 Å². The number of hydrogen-bond acceptors (Lipinski definition) is 9. The highest BCUT2D eigenvalue weighted by atomic mass is 32.2. The molecule has 1 N–H and O–H groups in total. The third-order valence-corrected chi connectivity index (χ3v) is 5.68. The molecule has 0 fully saturated rings. The summed E-state index contributed by atoms with van der Waals surface area (Å²) in [6.07, 6.45) is -3.58. The van der Waals surface area contributed by atoms with Gasteiger partial charge in [-0.1, -0.05) is 17.7 Å². The summed E-state index contributed by atoms with van der Waals surface area (Å²) < 4.78 is 51.3. The minimum absolute atomic E-state index is 0.0365. The Morgan fingerprint density at radius 1 is 1.00 bits per heavy atom. The lowest BCUT2D eigenvalue weighted by Crippen LogP contribution is -2.35. The first-order valence-electron chi connectivity index (χ1n) is 9.33. The topological polar surface area (TPSA) is 118 Å². The second-order valence-corrected chi connectivity index (χ2v) is 8.01. The number of hydrogen-bond donors (Lipinski definition) is 1. The first-order chi connectivity index (χ1) is 14.7. The van der Waals surface area contributed by atoms with E-state index in [0.717, 1.165) is 5.56 Å². The van der Waals surface area contributed by atoms with Crippen molar-refractivity contribution < 1.29 is 41.4 Å². The summed E-state index contributed by atoms with van der Waals surface area (Å²) in [6, 6.07) is 8.65. The number of carbonyl (C=O) groups is 1. The monoisotopic (exact) mass is 454 g/mol. The molecular weight excluding hydrogens is 428 g/mol. The standard InChI is InChI=1S/C21H26O9S/c1-6-29-21(23)20(30-31(24,25)15-9-7-13(2)8-10-15)18(22)14-11-16(26-3)19(28-5)17(12-14)27-4/h7-12,18,20,22H,6H2,1-5H3/t18-,20+/m1/s1. The largest absolute Gasteiger partial charge is 0.493 e. The number of ether oxygens (including phenoxy) is 4. The normalized spacial score (nSPS) is 13.2. The first kappa shape index (κ1) is 24.4. The summed E-state index contributed by atoms with van der Waals surface area (Å²) in [5.41, 5.74) is 0.949. The molecule has 2 rings (SSSR count). The number of aliphatic hydroxyl groups is 1. The van der Waals surface area contributed by atoms with E-state index in [9.17, 15) is 18.3 Å². The van der Waals surface area contributed by atoms with Crippen molar-refractivity contribution >= 4 is 16.1 Å². The second kappa shape index (κ2) is 10.5. The molecule has 10 heteroatoms. The molecule has 0 unspecified atom stereocenters. The Hall–Kier alpha value is -2.82. The van der Waals surface area contributed by atoms with Gasteiger partial charge >= 0.3 is 5.97 Å². The fourth-order valence-electron chi connectivity index (χ4n) is 2.79. The number of esters is 1. The second-order valence-electron chi connectivity index (χ2n) is 6.44. The lowest BCUT2D eigenvalue weighted by molar-refractivity contribution is -0.157. The summed E-state index contributed by atoms with van der Waals surface area (Å²) in [5.74, 6) is -0.360. The zero-order valence-corrected chi connectivity index (χ0v) is 18.8. The molecule has 9 nitrogen and oxygen atoms in total. The Labute approximate surface area is 181 Å². The van der Waals surface area contributed by atoms with E-state index < -0.39 is 28.3 Å². The number of aryl methyl sites for hydroxylation is 1. The Kier molecular flexibility index (Phi) is 8.26. The maximum absolute atomic E-state index is 12.7. The fourth-order valence-corrected chi connectivity index (χ4v) is 3.83. The van der Waals surface area contributed by atoms with Gasteiger partial charge in [0.25, 0.3) is 10.1 Å². The van der Waals surface area contributed by atoms with Crippen LogP contribution >= 0.6 is 0 Å². The van der Waals surface area contributed by atoms with Gasteiger partial charge in [-0.2, -0.15) is 8.42 Å². The minimum atomic E-state index is -4.38. The average molecular weight is 454 g/mol. The molecule has 0 amide bonds. The molecule has 0 aliphatic carbocycles. The Balaban J connectivity index is 2.48. The Morgan fingerprint density at radius 2 is 1.55 bits per heavy atom. The Bertz CT molecular complexity index is 975. The maximum Gasteiger partial charge on any atom is 0.339 e. The van der Waals surface area contributed by atoms with Gasteiger partial charge in [-0.25, -0.2) is 8.98 Å². The van der Waals surface area contributed by atoms with E-state index in [1.807, 2.05) is 0 Å². The van der Waals surface area contributed by atoms with E-state index >= 15 is 0 Å². The van der Waals surface area contributed by atoms with Gasteiger partial charge in [-0.3, -0.25) is 0 Å². The molecule has 2 aromatic carbocycles. The van der Waals surface area contributed by atoms with E-state index in [2.05, 4.69) is 0 Å². The van der Waals surface area contributed by atoms with Crippen molar-refractivity contribution in [1.29, 1.82) is 0 Å². The van der Waals surface area contributed by atoms with Crippen LogP contribution in [0.15, 0.2) is 41.3 Å². The van der Waals surface area contributed by atoms with Crippen LogP contribution in [0.5, 0.6) is 17.2 Å². The summed E-state index contributed by atoms with van der Waals surface area (Å²) in [5, 5.41) is 10.9. The van der Waals surface area contributed by atoms with Gasteiger partial charge in [0.05, 0.1) is 32.8 Å². The summed E-state index contributed by atoms with van der Waals surface area (Å²) in [7, 11) is -0.206. The van der Waals surface area contributed by atoms with Crippen LogP contribution in [0.25, 0.3) is 0 Å². The van der Waals surface area contributed by atoms with Crippen molar-refractivity contribution in [2.24, 2.45) is 0 Å².